The fraction of sp³-hybridized carbons (Fsp3) is 0.533. The Hall–Kier alpha value is -1.22. The van der Waals surface area contributed by atoms with E-state index in [1.54, 1.807) is 24.3 Å². The number of unbranched alkanes of at least 4 members (excludes halogenated alkanes) is 5. The Kier molecular flexibility index (Phi) is 9.99. The van der Waals surface area contributed by atoms with Crippen LogP contribution in [0.2, 0.25) is 0 Å². The van der Waals surface area contributed by atoms with Crippen molar-refractivity contribution in [2.45, 2.75) is 45.4 Å². The molecule has 0 saturated heterocycles. The first-order chi connectivity index (χ1) is 8.75. The summed E-state index contributed by atoms with van der Waals surface area (Å²) in [5.41, 5.74) is 0.239. The zero-order chi connectivity index (χ0) is 13.2. The summed E-state index contributed by atoms with van der Waals surface area (Å²) < 4.78 is 5.52. The number of ether oxygens (including phenoxy) is 1. The van der Waals surface area contributed by atoms with Crippen LogP contribution < -0.4 is 4.74 Å². The molecule has 0 aromatic heterocycles. The molecule has 0 heterocycles. The Bertz CT molecular complexity index is 366. The predicted octanol–water partition coefficient (Wildman–Crippen LogP) is 4.55. The monoisotopic (exact) mass is 286 g/mol. The number of hydrogen-bond donors (Lipinski definition) is 1. The summed E-state index contributed by atoms with van der Waals surface area (Å²) in [6, 6.07) is 6.78. The highest BCUT2D eigenvalue weighted by Crippen LogP contribution is 2.18. The summed E-state index contributed by atoms with van der Waals surface area (Å²) in [5, 5.41) is 8.99. The maximum atomic E-state index is 10.9. The van der Waals surface area contributed by atoms with Crippen LogP contribution in [-0.4, -0.2) is 17.7 Å². The Morgan fingerprint density at radius 3 is 2.42 bits per heavy atom. The third-order valence-corrected chi connectivity index (χ3v) is 2.87. The van der Waals surface area contributed by atoms with Crippen molar-refractivity contribution in [3.63, 3.8) is 0 Å². The molecule has 0 radical (unpaired) electrons. The molecule has 3 nitrogen and oxygen atoms in total. The standard InChI is InChI=1S/C15H22O3.ClH/c1-2-3-4-5-6-9-12-18-14-11-8-7-10-13(14)15(16)17;/h7-8,10-11H,2-6,9,12H2,1H3,(H,16,17);1H. The van der Waals surface area contributed by atoms with Crippen LogP contribution in [0.15, 0.2) is 24.3 Å². The predicted molar refractivity (Wildman–Crippen MR) is 79.5 cm³/mol. The lowest BCUT2D eigenvalue weighted by molar-refractivity contribution is 0.0692. The Labute approximate surface area is 121 Å². The average molecular weight is 287 g/mol. The average Bonchev–Trinajstić information content (AvgIpc) is 2.38. The van der Waals surface area contributed by atoms with E-state index in [9.17, 15) is 4.79 Å². The third-order valence-electron chi connectivity index (χ3n) is 2.87. The summed E-state index contributed by atoms with van der Waals surface area (Å²) in [6.45, 7) is 2.79. The van der Waals surface area contributed by atoms with E-state index >= 15 is 0 Å². The zero-order valence-electron chi connectivity index (χ0n) is 11.4. The van der Waals surface area contributed by atoms with Crippen molar-refractivity contribution in [2.75, 3.05) is 6.61 Å². The number of halogens is 1. The second kappa shape index (κ2) is 10.7. The minimum absolute atomic E-state index is 0. The molecule has 1 aromatic rings. The number of carboxylic acids is 1. The lowest BCUT2D eigenvalue weighted by Crippen LogP contribution is -2.04. The molecule has 0 fully saturated rings. The van der Waals surface area contributed by atoms with Crippen molar-refractivity contribution in [2.24, 2.45) is 0 Å². The van der Waals surface area contributed by atoms with Gasteiger partial charge in [-0.2, -0.15) is 0 Å². The highest BCUT2D eigenvalue weighted by Gasteiger charge is 2.09. The van der Waals surface area contributed by atoms with Gasteiger partial charge in [-0.15, -0.1) is 12.4 Å². The van der Waals surface area contributed by atoms with E-state index in [2.05, 4.69) is 6.92 Å². The molecule has 1 rings (SSSR count). The highest BCUT2D eigenvalue weighted by molar-refractivity contribution is 5.90. The molecule has 19 heavy (non-hydrogen) atoms. The molecule has 0 atom stereocenters. The molecule has 0 spiro atoms. The number of carbonyl (C=O) groups is 1. The minimum Gasteiger partial charge on any atom is -0.493 e. The molecule has 108 valence electrons. The maximum absolute atomic E-state index is 10.9. The van der Waals surface area contributed by atoms with Crippen LogP contribution in [0, 0.1) is 0 Å². The molecule has 1 aromatic carbocycles. The van der Waals surface area contributed by atoms with Crippen LogP contribution in [0.5, 0.6) is 5.75 Å². The van der Waals surface area contributed by atoms with Crippen LogP contribution in [0.3, 0.4) is 0 Å². The highest BCUT2D eigenvalue weighted by atomic mass is 35.5. The van der Waals surface area contributed by atoms with Crippen molar-refractivity contribution in [3.05, 3.63) is 29.8 Å². The SMILES string of the molecule is CCCCCCCCOc1ccccc1C(=O)O.Cl. The van der Waals surface area contributed by atoms with E-state index in [1.165, 1.54) is 25.7 Å². The summed E-state index contributed by atoms with van der Waals surface area (Å²) in [6.07, 6.45) is 7.19. The van der Waals surface area contributed by atoms with Gasteiger partial charge < -0.3 is 9.84 Å². The van der Waals surface area contributed by atoms with Gasteiger partial charge in [0.15, 0.2) is 0 Å². The summed E-state index contributed by atoms with van der Waals surface area (Å²) >= 11 is 0. The molecule has 1 N–H and O–H groups in total. The van der Waals surface area contributed by atoms with E-state index in [0.29, 0.717) is 12.4 Å². The van der Waals surface area contributed by atoms with Gasteiger partial charge in [-0.1, -0.05) is 51.2 Å². The van der Waals surface area contributed by atoms with E-state index in [0.717, 1.165) is 12.8 Å². The quantitative estimate of drug-likeness (QED) is 0.678. The fourth-order valence-electron chi connectivity index (χ4n) is 1.83. The molecule has 0 saturated carbocycles. The second-order valence-electron chi connectivity index (χ2n) is 4.42. The number of benzene rings is 1. The number of carboxylic acid groups (broad SMARTS) is 1. The summed E-state index contributed by atoms with van der Waals surface area (Å²) in [7, 11) is 0. The second-order valence-corrected chi connectivity index (χ2v) is 4.42. The lowest BCUT2D eigenvalue weighted by Gasteiger charge is -2.08. The molecule has 0 unspecified atom stereocenters. The van der Waals surface area contributed by atoms with Crippen molar-refractivity contribution in [3.8, 4) is 5.75 Å². The summed E-state index contributed by atoms with van der Waals surface area (Å²) in [4.78, 5) is 10.9. The molecule has 0 amide bonds. The Morgan fingerprint density at radius 1 is 1.11 bits per heavy atom. The van der Waals surface area contributed by atoms with Gasteiger partial charge in [-0.05, 0) is 18.6 Å². The third kappa shape index (κ3) is 7.06. The van der Waals surface area contributed by atoms with Crippen LogP contribution in [0.4, 0.5) is 0 Å². The van der Waals surface area contributed by atoms with Gasteiger partial charge in [0, 0.05) is 0 Å². The molecule has 0 aliphatic carbocycles. The van der Waals surface area contributed by atoms with Gasteiger partial charge in [0.05, 0.1) is 6.61 Å². The van der Waals surface area contributed by atoms with Gasteiger partial charge >= 0.3 is 5.97 Å². The Morgan fingerprint density at radius 2 is 1.74 bits per heavy atom. The molecule has 4 heteroatoms. The van der Waals surface area contributed by atoms with Gasteiger partial charge in [0.1, 0.15) is 11.3 Å². The maximum Gasteiger partial charge on any atom is 0.339 e. The number of para-hydroxylation sites is 1. The van der Waals surface area contributed by atoms with Crippen molar-refractivity contribution < 1.29 is 14.6 Å². The smallest absolute Gasteiger partial charge is 0.339 e. The van der Waals surface area contributed by atoms with Gasteiger partial charge in [0.2, 0.25) is 0 Å². The first-order valence-corrected chi connectivity index (χ1v) is 6.70. The summed E-state index contributed by atoms with van der Waals surface area (Å²) in [5.74, 6) is -0.466. The van der Waals surface area contributed by atoms with Crippen molar-refractivity contribution >= 4 is 18.4 Å². The number of hydrogen-bond acceptors (Lipinski definition) is 2. The molecular formula is C15H23ClO3. The van der Waals surface area contributed by atoms with Crippen LogP contribution in [0.1, 0.15) is 55.8 Å². The van der Waals surface area contributed by atoms with E-state index < -0.39 is 5.97 Å². The normalized spacial score (nSPS) is 9.74. The van der Waals surface area contributed by atoms with Crippen LogP contribution >= 0.6 is 12.4 Å². The van der Waals surface area contributed by atoms with E-state index in [4.69, 9.17) is 9.84 Å². The number of aromatic carboxylic acids is 1. The molecule has 0 aliphatic heterocycles. The van der Waals surface area contributed by atoms with Crippen LogP contribution in [0.25, 0.3) is 0 Å². The van der Waals surface area contributed by atoms with Gasteiger partial charge in [-0.3, -0.25) is 0 Å². The molecule has 0 bridgehead atoms. The van der Waals surface area contributed by atoms with Gasteiger partial charge in [0.25, 0.3) is 0 Å². The minimum atomic E-state index is -0.937. The van der Waals surface area contributed by atoms with E-state index in [-0.39, 0.29) is 18.0 Å². The molecular weight excluding hydrogens is 264 g/mol. The number of rotatable bonds is 9. The fourth-order valence-corrected chi connectivity index (χ4v) is 1.83. The lowest BCUT2D eigenvalue weighted by atomic mass is 10.1. The first kappa shape index (κ1) is 17.8. The zero-order valence-corrected chi connectivity index (χ0v) is 12.2. The van der Waals surface area contributed by atoms with Crippen LogP contribution in [-0.2, 0) is 0 Å². The topological polar surface area (TPSA) is 46.5 Å². The Balaban J connectivity index is 0.00000324. The largest absolute Gasteiger partial charge is 0.493 e. The van der Waals surface area contributed by atoms with Crippen molar-refractivity contribution in [1.82, 2.24) is 0 Å². The van der Waals surface area contributed by atoms with E-state index in [1.807, 2.05) is 0 Å². The van der Waals surface area contributed by atoms with Gasteiger partial charge in [-0.25, -0.2) is 4.79 Å². The van der Waals surface area contributed by atoms with Crippen molar-refractivity contribution in [1.29, 1.82) is 0 Å². The first-order valence-electron chi connectivity index (χ1n) is 6.70. The molecule has 0 aliphatic rings.